The largest absolute Gasteiger partial charge is 0.496 e. The molecule has 1 aromatic rings. The molecule has 144 valence electrons. The van der Waals surface area contributed by atoms with E-state index in [4.69, 9.17) is 14.2 Å². The highest BCUT2D eigenvalue weighted by Gasteiger charge is 2.26. The van der Waals surface area contributed by atoms with Crippen molar-refractivity contribution in [2.75, 3.05) is 60.2 Å². The molecule has 2 saturated heterocycles. The van der Waals surface area contributed by atoms with Crippen molar-refractivity contribution in [2.45, 2.75) is 19.8 Å². The summed E-state index contributed by atoms with van der Waals surface area (Å²) >= 11 is 0. The molecule has 0 N–H and O–H groups in total. The third-order valence-corrected chi connectivity index (χ3v) is 5.52. The average Bonchev–Trinajstić information content (AvgIpc) is 2.69. The van der Waals surface area contributed by atoms with Crippen molar-refractivity contribution >= 4 is 5.91 Å². The number of methoxy groups -OCH3 is 2. The minimum Gasteiger partial charge on any atom is -0.496 e. The van der Waals surface area contributed by atoms with E-state index in [0.29, 0.717) is 23.0 Å². The Hall–Kier alpha value is -1.79. The first-order valence-corrected chi connectivity index (χ1v) is 9.44. The molecule has 0 aromatic heterocycles. The summed E-state index contributed by atoms with van der Waals surface area (Å²) in [6.07, 6.45) is 2.12. The van der Waals surface area contributed by atoms with E-state index in [1.807, 2.05) is 24.0 Å². The Balaban J connectivity index is 1.59. The van der Waals surface area contributed by atoms with E-state index in [2.05, 4.69) is 4.90 Å². The third kappa shape index (κ3) is 4.30. The quantitative estimate of drug-likeness (QED) is 0.804. The highest BCUT2D eigenvalue weighted by molar-refractivity contribution is 5.95. The van der Waals surface area contributed by atoms with Crippen molar-refractivity contribution in [1.82, 2.24) is 9.80 Å². The maximum Gasteiger partial charge on any atom is 0.254 e. The zero-order valence-corrected chi connectivity index (χ0v) is 16.1. The maximum absolute atomic E-state index is 12.9. The van der Waals surface area contributed by atoms with Crippen molar-refractivity contribution in [3.63, 3.8) is 0 Å². The number of benzene rings is 1. The number of likely N-dealkylation sites (tertiary alicyclic amines) is 1. The predicted octanol–water partition coefficient (Wildman–Crippen LogP) is 2.20. The molecule has 1 amide bonds. The molecule has 2 heterocycles. The van der Waals surface area contributed by atoms with Crippen LogP contribution in [0.3, 0.4) is 0 Å². The second kappa shape index (κ2) is 8.73. The first kappa shape index (κ1) is 19.0. The normalized spacial score (nSPS) is 19.4. The monoisotopic (exact) mass is 362 g/mol. The van der Waals surface area contributed by atoms with Gasteiger partial charge in [0.2, 0.25) is 0 Å². The van der Waals surface area contributed by atoms with E-state index in [1.54, 1.807) is 14.2 Å². The zero-order chi connectivity index (χ0) is 18.5. The van der Waals surface area contributed by atoms with Gasteiger partial charge in [0.25, 0.3) is 5.91 Å². The lowest BCUT2D eigenvalue weighted by molar-refractivity contribution is 0.0243. The number of hydrogen-bond donors (Lipinski definition) is 0. The molecule has 2 aliphatic rings. The maximum atomic E-state index is 12.9. The fraction of sp³-hybridized carbons (Fsp3) is 0.650. The van der Waals surface area contributed by atoms with E-state index < -0.39 is 0 Å². The minimum atomic E-state index is 0.0615. The van der Waals surface area contributed by atoms with Gasteiger partial charge in [0.15, 0.2) is 0 Å². The van der Waals surface area contributed by atoms with Crippen LogP contribution in [0.2, 0.25) is 0 Å². The summed E-state index contributed by atoms with van der Waals surface area (Å²) in [4.78, 5) is 17.4. The predicted molar refractivity (Wildman–Crippen MR) is 100 cm³/mol. The van der Waals surface area contributed by atoms with Gasteiger partial charge < -0.3 is 19.1 Å². The van der Waals surface area contributed by atoms with Crippen molar-refractivity contribution in [2.24, 2.45) is 5.92 Å². The lowest BCUT2D eigenvalue weighted by Crippen LogP contribution is -2.44. The molecule has 0 unspecified atom stereocenters. The Bertz CT molecular complexity index is 595. The molecular weight excluding hydrogens is 332 g/mol. The topological polar surface area (TPSA) is 51.2 Å². The van der Waals surface area contributed by atoms with Gasteiger partial charge in [0.1, 0.15) is 11.5 Å². The standard InChI is InChI=1S/C20H30N2O4/c1-15-18(24-2)12-17(13-19(15)25-3)20(23)22-6-4-16(5-7-22)14-21-8-10-26-11-9-21/h12-13,16H,4-11,14H2,1-3H3. The smallest absolute Gasteiger partial charge is 0.254 e. The van der Waals surface area contributed by atoms with Gasteiger partial charge in [-0.15, -0.1) is 0 Å². The average molecular weight is 362 g/mol. The first-order valence-electron chi connectivity index (χ1n) is 9.44. The lowest BCUT2D eigenvalue weighted by Gasteiger charge is -2.36. The molecule has 2 fully saturated rings. The molecule has 2 aliphatic heterocycles. The molecule has 0 aliphatic carbocycles. The zero-order valence-electron chi connectivity index (χ0n) is 16.1. The van der Waals surface area contributed by atoms with Gasteiger partial charge in [-0.05, 0) is 37.8 Å². The van der Waals surface area contributed by atoms with Gasteiger partial charge in [-0.1, -0.05) is 0 Å². The van der Waals surface area contributed by atoms with Crippen LogP contribution in [0.4, 0.5) is 0 Å². The summed E-state index contributed by atoms with van der Waals surface area (Å²) in [5, 5.41) is 0. The van der Waals surface area contributed by atoms with Crippen molar-refractivity contribution in [3.05, 3.63) is 23.3 Å². The molecule has 26 heavy (non-hydrogen) atoms. The van der Waals surface area contributed by atoms with Crippen LogP contribution >= 0.6 is 0 Å². The Labute approximate surface area is 156 Å². The molecule has 1 aromatic carbocycles. The van der Waals surface area contributed by atoms with Crippen molar-refractivity contribution in [1.29, 1.82) is 0 Å². The molecule has 6 heteroatoms. The van der Waals surface area contributed by atoms with Crippen LogP contribution < -0.4 is 9.47 Å². The van der Waals surface area contributed by atoms with Crippen LogP contribution in [-0.4, -0.2) is 75.9 Å². The minimum absolute atomic E-state index is 0.0615. The van der Waals surface area contributed by atoms with Gasteiger partial charge >= 0.3 is 0 Å². The van der Waals surface area contributed by atoms with E-state index >= 15 is 0 Å². The molecule has 0 radical (unpaired) electrons. The highest BCUT2D eigenvalue weighted by atomic mass is 16.5. The van der Waals surface area contributed by atoms with Crippen LogP contribution in [0.5, 0.6) is 11.5 Å². The number of hydrogen-bond acceptors (Lipinski definition) is 5. The van der Waals surface area contributed by atoms with E-state index in [1.165, 1.54) is 0 Å². The molecule has 0 spiro atoms. The van der Waals surface area contributed by atoms with Gasteiger partial charge in [0.05, 0.1) is 27.4 Å². The summed E-state index contributed by atoms with van der Waals surface area (Å²) in [6, 6.07) is 3.64. The van der Waals surface area contributed by atoms with Gasteiger partial charge in [-0.25, -0.2) is 0 Å². The second-order valence-corrected chi connectivity index (χ2v) is 7.15. The van der Waals surface area contributed by atoms with E-state index in [-0.39, 0.29) is 5.91 Å². The Morgan fingerprint density at radius 1 is 1.08 bits per heavy atom. The number of carbonyl (C=O) groups is 1. The van der Waals surface area contributed by atoms with Crippen LogP contribution in [-0.2, 0) is 4.74 Å². The van der Waals surface area contributed by atoms with Gasteiger partial charge in [-0.2, -0.15) is 0 Å². The number of ether oxygens (including phenoxy) is 3. The third-order valence-electron chi connectivity index (χ3n) is 5.52. The number of rotatable bonds is 5. The lowest BCUT2D eigenvalue weighted by atomic mass is 9.95. The number of nitrogens with zero attached hydrogens (tertiary/aromatic N) is 2. The Kier molecular flexibility index (Phi) is 6.38. The van der Waals surface area contributed by atoms with Gasteiger partial charge in [0, 0.05) is 43.9 Å². The number of amides is 1. The van der Waals surface area contributed by atoms with Crippen LogP contribution in [0.25, 0.3) is 0 Å². The molecule has 0 saturated carbocycles. The molecule has 6 nitrogen and oxygen atoms in total. The van der Waals surface area contributed by atoms with E-state index in [9.17, 15) is 4.79 Å². The Morgan fingerprint density at radius 3 is 2.19 bits per heavy atom. The molecular formula is C20H30N2O4. The second-order valence-electron chi connectivity index (χ2n) is 7.15. The number of piperidine rings is 1. The fourth-order valence-electron chi connectivity index (χ4n) is 3.86. The van der Waals surface area contributed by atoms with Gasteiger partial charge in [-0.3, -0.25) is 9.69 Å². The number of carbonyl (C=O) groups excluding carboxylic acids is 1. The number of morpholine rings is 1. The highest BCUT2D eigenvalue weighted by Crippen LogP contribution is 2.30. The van der Waals surface area contributed by atoms with Crippen molar-refractivity contribution in [3.8, 4) is 11.5 Å². The van der Waals surface area contributed by atoms with Crippen molar-refractivity contribution < 1.29 is 19.0 Å². The first-order chi connectivity index (χ1) is 12.6. The molecule has 0 atom stereocenters. The Morgan fingerprint density at radius 2 is 1.65 bits per heavy atom. The summed E-state index contributed by atoms with van der Waals surface area (Å²) in [5.41, 5.74) is 1.55. The summed E-state index contributed by atoms with van der Waals surface area (Å²) in [5.74, 6) is 2.11. The van der Waals surface area contributed by atoms with Crippen LogP contribution in [0, 0.1) is 12.8 Å². The van der Waals surface area contributed by atoms with Crippen LogP contribution in [0.15, 0.2) is 12.1 Å². The summed E-state index contributed by atoms with van der Waals surface area (Å²) < 4.78 is 16.2. The summed E-state index contributed by atoms with van der Waals surface area (Å²) in [7, 11) is 3.24. The summed E-state index contributed by atoms with van der Waals surface area (Å²) in [6.45, 7) is 8.42. The molecule has 3 rings (SSSR count). The fourth-order valence-corrected chi connectivity index (χ4v) is 3.86. The van der Waals surface area contributed by atoms with E-state index in [0.717, 1.165) is 64.3 Å². The molecule has 0 bridgehead atoms. The van der Waals surface area contributed by atoms with Crippen LogP contribution in [0.1, 0.15) is 28.8 Å². The SMILES string of the molecule is COc1cc(C(=O)N2CCC(CN3CCOCC3)CC2)cc(OC)c1C.